The Morgan fingerprint density at radius 3 is 2.39 bits per heavy atom. The molecule has 0 unspecified atom stereocenters. The lowest BCUT2D eigenvalue weighted by Gasteiger charge is -2.17. The Balaban J connectivity index is 1.51. The first kappa shape index (κ1) is 21.9. The summed E-state index contributed by atoms with van der Waals surface area (Å²) in [7, 11) is 2.03. The molecule has 1 fully saturated rings. The van der Waals surface area contributed by atoms with Crippen LogP contribution >= 0.6 is 23.5 Å². The molecule has 4 nitrogen and oxygen atoms in total. The first-order chi connectivity index (χ1) is 16.0. The predicted octanol–water partition coefficient (Wildman–Crippen LogP) is 6.52. The van der Waals surface area contributed by atoms with Crippen molar-refractivity contribution in [3.05, 3.63) is 99.4 Å². The van der Waals surface area contributed by atoms with E-state index < -0.39 is 0 Å². The van der Waals surface area contributed by atoms with Crippen molar-refractivity contribution in [2.24, 2.45) is 4.99 Å². The zero-order chi connectivity index (χ0) is 22.9. The van der Waals surface area contributed by atoms with Crippen molar-refractivity contribution in [3.8, 4) is 0 Å². The quantitative estimate of drug-likeness (QED) is 0.406. The highest BCUT2D eigenvalue weighted by atomic mass is 32.2. The van der Waals surface area contributed by atoms with Gasteiger partial charge in [0.15, 0.2) is 5.17 Å². The minimum Gasteiger partial charge on any atom is -0.337 e. The summed E-state index contributed by atoms with van der Waals surface area (Å²) >= 11 is 3.14. The summed E-state index contributed by atoms with van der Waals surface area (Å²) < 4.78 is 0. The van der Waals surface area contributed by atoms with E-state index >= 15 is 0 Å². The molecule has 166 valence electrons. The van der Waals surface area contributed by atoms with Crippen molar-refractivity contribution >= 4 is 46.0 Å². The van der Waals surface area contributed by atoms with Gasteiger partial charge >= 0.3 is 0 Å². The lowest BCUT2D eigenvalue weighted by atomic mass is 10.1. The normalized spacial score (nSPS) is 19.0. The lowest BCUT2D eigenvalue weighted by molar-refractivity contribution is -0.122. The van der Waals surface area contributed by atoms with Crippen LogP contribution in [0.3, 0.4) is 0 Å². The molecule has 0 saturated carbocycles. The second-order valence-electron chi connectivity index (χ2n) is 8.22. The monoisotopic (exact) mass is 471 g/mol. The highest BCUT2D eigenvalue weighted by Crippen LogP contribution is 2.50. The molecule has 0 aromatic heterocycles. The maximum atomic E-state index is 13.7. The maximum absolute atomic E-state index is 13.7. The van der Waals surface area contributed by atoms with Gasteiger partial charge in [0.25, 0.3) is 5.91 Å². The van der Waals surface area contributed by atoms with Crippen LogP contribution in [0.1, 0.15) is 16.7 Å². The summed E-state index contributed by atoms with van der Waals surface area (Å²) in [5.74, 6) is 0.0284. The van der Waals surface area contributed by atoms with Gasteiger partial charge in [-0.15, -0.1) is 0 Å². The number of carbonyl (C=O) groups excluding carboxylic acids is 1. The number of hydrogen-bond donors (Lipinski definition) is 0. The molecule has 1 amide bonds. The summed E-state index contributed by atoms with van der Waals surface area (Å²) in [4.78, 5) is 24.5. The number of aliphatic imine (C=N–C) groups is 1. The van der Waals surface area contributed by atoms with Crippen LogP contribution in [0.25, 0.3) is 0 Å². The molecular weight excluding hydrogens is 446 g/mol. The van der Waals surface area contributed by atoms with E-state index in [1.54, 1.807) is 11.8 Å². The minimum atomic E-state index is 0.0284. The fourth-order valence-electron chi connectivity index (χ4n) is 3.91. The largest absolute Gasteiger partial charge is 0.337 e. The third-order valence-electron chi connectivity index (χ3n) is 5.98. The van der Waals surface area contributed by atoms with Crippen molar-refractivity contribution in [1.82, 2.24) is 4.90 Å². The molecule has 2 aliphatic rings. The van der Waals surface area contributed by atoms with Gasteiger partial charge < -0.3 is 4.90 Å². The van der Waals surface area contributed by atoms with E-state index in [0.29, 0.717) is 6.54 Å². The average Bonchev–Trinajstić information content (AvgIpc) is 3.32. The number of amidine groups is 1. The van der Waals surface area contributed by atoms with E-state index in [9.17, 15) is 4.79 Å². The number of nitrogens with zero attached hydrogens (tertiary/aromatic N) is 3. The van der Waals surface area contributed by atoms with E-state index in [-0.39, 0.29) is 5.91 Å². The number of anilines is 1. The van der Waals surface area contributed by atoms with Crippen LogP contribution in [0.4, 0.5) is 11.4 Å². The molecule has 0 atom stereocenters. The van der Waals surface area contributed by atoms with E-state index in [2.05, 4.69) is 55.1 Å². The highest BCUT2D eigenvalue weighted by molar-refractivity contribution is 8.19. The zero-order valence-electron chi connectivity index (χ0n) is 18.9. The molecule has 1 saturated heterocycles. The summed E-state index contributed by atoms with van der Waals surface area (Å²) in [6.45, 7) is 4.78. The third-order valence-corrected chi connectivity index (χ3v) is 8.41. The van der Waals surface area contributed by atoms with Gasteiger partial charge in [-0.1, -0.05) is 60.3 Å². The Morgan fingerprint density at radius 1 is 0.879 bits per heavy atom. The first-order valence-corrected chi connectivity index (χ1v) is 12.6. The van der Waals surface area contributed by atoms with Gasteiger partial charge in [0.2, 0.25) is 0 Å². The molecule has 0 radical (unpaired) electrons. The van der Waals surface area contributed by atoms with Crippen molar-refractivity contribution in [2.75, 3.05) is 18.5 Å². The molecular formula is C27H25N3OS2. The van der Waals surface area contributed by atoms with Crippen LogP contribution in [0, 0.1) is 13.8 Å². The standard InChI is InChI=1S/C27H25N3OS2/c1-18-13-14-21(17-19(18)2)28-27-30(16-15-20-9-5-4-6-10-20)25(31)24(33-27)26-29(3)22-11-7-8-12-23(22)32-26/h4-14,17H,15-16H2,1-3H3/b26-24-,28-27?. The molecule has 3 aromatic carbocycles. The summed E-state index contributed by atoms with van der Waals surface area (Å²) in [6, 6.07) is 24.7. The Morgan fingerprint density at radius 2 is 1.64 bits per heavy atom. The molecule has 0 N–H and O–H groups in total. The molecule has 0 spiro atoms. The van der Waals surface area contributed by atoms with Crippen LogP contribution in [-0.2, 0) is 11.2 Å². The van der Waals surface area contributed by atoms with Gasteiger partial charge in [-0.25, -0.2) is 4.99 Å². The van der Waals surface area contributed by atoms with Crippen molar-refractivity contribution in [3.63, 3.8) is 0 Å². The van der Waals surface area contributed by atoms with Gasteiger partial charge in [-0.05, 0) is 73.0 Å². The highest BCUT2D eigenvalue weighted by Gasteiger charge is 2.38. The van der Waals surface area contributed by atoms with Crippen molar-refractivity contribution < 1.29 is 4.79 Å². The molecule has 3 aromatic rings. The Kier molecular flexibility index (Phi) is 6.04. The van der Waals surface area contributed by atoms with E-state index in [0.717, 1.165) is 32.9 Å². The van der Waals surface area contributed by atoms with Gasteiger partial charge in [-0.3, -0.25) is 9.69 Å². The third kappa shape index (κ3) is 4.33. The van der Waals surface area contributed by atoms with E-state index in [1.165, 1.54) is 33.3 Å². The van der Waals surface area contributed by atoms with Crippen LogP contribution in [0.5, 0.6) is 0 Å². The first-order valence-electron chi connectivity index (χ1n) is 11.0. The fraction of sp³-hybridized carbons (Fsp3) is 0.185. The smallest absolute Gasteiger partial charge is 0.269 e. The zero-order valence-corrected chi connectivity index (χ0v) is 20.5. The number of thioether (sulfide) groups is 2. The molecule has 0 bridgehead atoms. The predicted molar refractivity (Wildman–Crippen MR) is 140 cm³/mol. The average molecular weight is 472 g/mol. The molecule has 6 heteroatoms. The Hall–Kier alpha value is -2.96. The van der Waals surface area contributed by atoms with Crippen LogP contribution in [0.2, 0.25) is 0 Å². The topological polar surface area (TPSA) is 35.9 Å². The van der Waals surface area contributed by atoms with Crippen LogP contribution in [-0.4, -0.2) is 29.6 Å². The number of hydrogen-bond acceptors (Lipinski definition) is 5. The summed E-state index contributed by atoms with van der Waals surface area (Å²) in [6.07, 6.45) is 0.783. The number of para-hydroxylation sites is 1. The van der Waals surface area contributed by atoms with Crippen molar-refractivity contribution in [1.29, 1.82) is 0 Å². The van der Waals surface area contributed by atoms with Crippen LogP contribution in [0.15, 0.2) is 92.6 Å². The Labute approximate surface area is 203 Å². The second-order valence-corrected chi connectivity index (χ2v) is 10.2. The molecule has 0 aliphatic carbocycles. The second kappa shape index (κ2) is 9.12. The molecule has 2 heterocycles. The fourth-order valence-corrected chi connectivity index (χ4v) is 6.28. The summed E-state index contributed by atoms with van der Waals surface area (Å²) in [5, 5.41) is 1.72. The van der Waals surface area contributed by atoms with Gasteiger partial charge in [-0.2, -0.15) is 0 Å². The van der Waals surface area contributed by atoms with Gasteiger partial charge in [0.05, 0.1) is 16.4 Å². The number of aryl methyl sites for hydroxylation is 2. The molecule has 2 aliphatic heterocycles. The minimum absolute atomic E-state index is 0.0284. The SMILES string of the molecule is Cc1ccc(N=C2S/C(=C3\Sc4ccccc4N3C)C(=O)N2CCc2ccccc2)cc1C. The Bertz CT molecular complexity index is 1280. The van der Waals surface area contributed by atoms with E-state index in [1.807, 2.05) is 48.3 Å². The molecule has 5 rings (SSSR count). The number of amides is 1. The van der Waals surface area contributed by atoms with Crippen LogP contribution < -0.4 is 4.90 Å². The maximum Gasteiger partial charge on any atom is 0.269 e. The summed E-state index contributed by atoms with van der Waals surface area (Å²) in [5.41, 5.74) is 5.65. The number of rotatable bonds is 4. The number of carbonyl (C=O) groups is 1. The van der Waals surface area contributed by atoms with E-state index in [4.69, 9.17) is 4.99 Å². The number of fused-ring (bicyclic) bond motifs is 1. The lowest BCUT2D eigenvalue weighted by Crippen LogP contribution is -2.31. The molecule has 33 heavy (non-hydrogen) atoms. The van der Waals surface area contributed by atoms with Gasteiger partial charge in [0, 0.05) is 18.5 Å². The van der Waals surface area contributed by atoms with Gasteiger partial charge in [0.1, 0.15) is 4.91 Å². The van der Waals surface area contributed by atoms with Crippen molar-refractivity contribution in [2.45, 2.75) is 25.2 Å². The number of benzene rings is 3.